The van der Waals surface area contributed by atoms with Crippen molar-refractivity contribution >= 4 is 32.7 Å². The molecule has 0 bridgehead atoms. The Kier molecular flexibility index (Phi) is 6.46. The van der Waals surface area contributed by atoms with Gasteiger partial charge in [0.2, 0.25) is 0 Å². The van der Waals surface area contributed by atoms with Crippen LogP contribution in [0.1, 0.15) is 0 Å². The van der Waals surface area contributed by atoms with Gasteiger partial charge in [0.15, 0.2) is 5.82 Å². The summed E-state index contributed by atoms with van der Waals surface area (Å²) >= 11 is 0. The van der Waals surface area contributed by atoms with Gasteiger partial charge < -0.3 is 4.42 Å². The van der Waals surface area contributed by atoms with Crippen LogP contribution in [0.5, 0.6) is 0 Å². The molecule has 0 saturated carbocycles. The molecule has 0 fully saturated rings. The predicted molar refractivity (Wildman–Crippen MR) is 194 cm³/mol. The molecule has 0 unspecified atom stereocenters. The number of hydrogen-bond donors (Lipinski definition) is 0. The first-order valence-electron chi connectivity index (χ1n) is 15.8. The molecule has 0 aliphatic heterocycles. The molecule has 2 aromatic heterocycles. The number of hydrogen-bond acceptors (Lipinski definition) is 3. The molecule has 2 heterocycles. The normalized spacial score (nSPS) is 11.4. The van der Waals surface area contributed by atoms with Crippen molar-refractivity contribution in [2.45, 2.75) is 0 Å². The zero-order valence-corrected chi connectivity index (χ0v) is 25.5. The van der Waals surface area contributed by atoms with Gasteiger partial charge in [-0.25, -0.2) is 9.97 Å². The predicted octanol–water partition coefficient (Wildman–Crippen LogP) is 11.9. The molecule has 0 N–H and O–H groups in total. The summed E-state index contributed by atoms with van der Waals surface area (Å²) in [5.41, 5.74) is 10.9. The van der Waals surface area contributed by atoms with E-state index < -0.39 is 0 Å². The smallest absolute Gasteiger partial charge is 0.160 e. The van der Waals surface area contributed by atoms with Crippen LogP contribution in [0.2, 0.25) is 0 Å². The molecule has 3 nitrogen and oxygen atoms in total. The first-order chi connectivity index (χ1) is 23.3. The van der Waals surface area contributed by atoms with Crippen LogP contribution >= 0.6 is 0 Å². The van der Waals surface area contributed by atoms with Crippen LogP contribution in [0.4, 0.5) is 0 Å². The van der Waals surface area contributed by atoms with E-state index in [1.807, 2.05) is 48.5 Å². The minimum absolute atomic E-state index is 0.693. The standard InChI is InChI=1S/C44H28N2O/c1-4-14-29(15-5-1)33-24-34(40-28-39(30-16-6-2-7-17-30)45-44(46-40)31-18-8-3-9-19-31)26-35(25-33)42-36-21-11-10-20-32(36)27-38-37-22-12-13-23-41(37)47-43(38)42/h1-28H. The Labute approximate surface area is 272 Å². The van der Waals surface area contributed by atoms with Gasteiger partial charge in [-0.2, -0.15) is 0 Å². The van der Waals surface area contributed by atoms with Crippen molar-refractivity contribution in [3.05, 3.63) is 170 Å². The third-order valence-electron chi connectivity index (χ3n) is 8.84. The molecular formula is C44H28N2O. The van der Waals surface area contributed by atoms with Gasteiger partial charge in [0, 0.05) is 33.0 Å². The van der Waals surface area contributed by atoms with E-state index in [9.17, 15) is 0 Å². The van der Waals surface area contributed by atoms with Gasteiger partial charge in [-0.3, -0.25) is 0 Å². The molecule has 47 heavy (non-hydrogen) atoms. The first-order valence-corrected chi connectivity index (χ1v) is 15.8. The van der Waals surface area contributed by atoms with Gasteiger partial charge >= 0.3 is 0 Å². The van der Waals surface area contributed by atoms with Gasteiger partial charge in [-0.15, -0.1) is 0 Å². The van der Waals surface area contributed by atoms with Gasteiger partial charge in [0.1, 0.15) is 11.2 Å². The molecule has 3 heteroatoms. The summed E-state index contributed by atoms with van der Waals surface area (Å²) in [5, 5.41) is 4.55. The lowest BCUT2D eigenvalue weighted by molar-refractivity contribution is 0.670. The highest BCUT2D eigenvalue weighted by Crippen LogP contribution is 2.43. The average Bonchev–Trinajstić information content (AvgIpc) is 3.52. The third-order valence-corrected chi connectivity index (χ3v) is 8.84. The van der Waals surface area contributed by atoms with Gasteiger partial charge in [-0.1, -0.05) is 133 Å². The molecule has 9 rings (SSSR count). The van der Waals surface area contributed by atoms with Crippen LogP contribution in [0, 0.1) is 0 Å². The highest BCUT2D eigenvalue weighted by Gasteiger charge is 2.19. The van der Waals surface area contributed by atoms with Crippen molar-refractivity contribution in [2.75, 3.05) is 0 Å². The van der Waals surface area contributed by atoms with Gasteiger partial charge in [-0.05, 0) is 63.9 Å². The maximum absolute atomic E-state index is 6.67. The van der Waals surface area contributed by atoms with Crippen molar-refractivity contribution in [2.24, 2.45) is 0 Å². The molecule has 0 saturated heterocycles. The average molecular weight is 601 g/mol. The van der Waals surface area contributed by atoms with E-state index >= 15 is 0 Å². The Morgan fingerprint density at radius 1 is 0.362 bits per heavy atom. The van der Waals surface area contributed by atoms with Gasteiger partial charge in [0.25, 0.3) is 0 Å². The van der Waals surface area contributed by atoms with Crippen molar-refractivity contribution < 1.29 is 4.42 Å². The Hall–Kier alpha value is -6.32. The van der Waals surface area contributed by atoms with Crippen LogP contribution in [-0.2, 0) is 0 Å². The Morgan fingerprint density at radius 2 is 0.915 bits per heavy atom. The fourth-order valence-electron chi connectivity index (χ4n) is 6.59. The zero-order chi connectivity index (χ0) is 31.2. The molecule has 220 valence electrons. The molecule has 0 atom stereocenters. The number of rotatable bonds is 5. The lowest BCUT2D eigenvalue weighted by Gasteiger charge is -2.15. The fraction of sp³-hybridized carbons (Fsp3) is 0. The number of furan rings is 1. The van der Waals surface area contributed by atoms with E-state index in [1.165, 1.54) is 5.39 Å². The minimum atomic E-state index is 0.693. The third kappa shape index (κ3) is 4.86. The summed E-state index contributed by atoms with van der Waals surface area (Å²) in [6.45, 7) is 0. The van der Waals surface area contributed by atoms with Crippen LogP contribution < -0.4 is 0 Å². The molecular weight excluding hydrogens is 572 g/mol. The summed E-state index contributed by atoms with van der Waals surface area (Å²) in [7, 11) is 0. The number of benzene rings is 7. The van der Waals surface area contributed by atoms with Crippen LogP contribution in [0.25, 0.3) is 88.9 Å². The summed E-state index contributed by atoms with van der Waals surface area (Å²) in [6.07, 6.45) is 0. The molecule has 0 aliphatic carbocycles. The van der Waals surface area contributed by atoms with E-state index in [-0.39, 0.29) is 0 Å². The van der Waals surface area contributed by atoms with Crippen LogP contribution in [0.15, 0.2) is 174 Å². The van der Waals surface area contributed by atoms with Crippen LogP contribution in [0.3, 0.4) is 0 Å². The lowest BCUT2D eigenvalue weighted by atomic mass is 9.90. The molecule has 9 aromatic rings. The Bertz CT molecular complexity index is 2500. The van der Waals surface area contributed by atoms with E-state index in [1.54, 1.807) is 0 Å². The fourth-order valence-corrected chi connectivity index (χ4v) is 6.59. The second-order valence-corrected chi connectivity index (χ2v) is 11.8. The topological polar surface area (TPSA) is 38.9 Å². The van der Waals surface area contributed by atoms with Crippen molar-refractivity contribution in [1.29, 1.82) is 0 Å². The minimum Gasteiger partial charge on any atom is -0.455 e. The van der Waals surface area contributed by atoms with Gasteiger partial charge in [0.05, 0.1) is 11.4 Å². The molecule has 7 aromatic carbocycles. The maximum atomic E-state index is 6.67. The van der Waals surface area contributed by atoms with E-state index in [0.29, 0.717) is 5.82 Å². The molecule has 0 aliphatic rings. The second kappa shape index (κ2) is 11.2. The first kappa shape index (κ1) is 27.0. The van der Waals surface area contributed by atoms with E-state index in [4.69, 9.17) is 14.4 Å². The summed E-state index contributed by atoms with van der Waals surface area (Å²) < 4.78 is 6.67. The molecule has 0 spiro atoms. The summed E-state index contributed by atoms with van der Waals surface area (Å²) in [6, 6.07) is 59.1. The second-order valence-electron chi connectivity index (χ2n) is 11.8. The molecule has 0 radical (unpaired) electrons. The monoisotopic (exact) mass is 600 g/mol. The van der Waals surface area contributed by atoms with Crippen molar-refractivity contribution in [3.63, 3.8) is 0 Å². The Balaban J connectivity index is 1.36. The number of nitrogens with zero attached hydrogens (tertiary/aromatic N) is 2. The highest BCUT2D eigenvalue weighted by atomic mass is 16.3. The van der Waals surface area contributed by atoms with Crippen molar-refractivity contribution in [1.82, 2.24) is 9.97 Å². The van der Waals surface area contributed by atoms with Crippen molar-refractivity contribution in [3.8, 4) is 56.2 Å². The Morgan fingerprint density at radius 3 is 1.66 bits per heavy atom. The number of aromatic nitrogens is 2. The number of fused-ring (bicyclic) bond motifs is 4. The zero-order valence-electron chi connectivity index (χ0n) is 25.5. The maximum Gasteiger partial charge on any atom is 0.160 e. The lowest BCUT2D eigenvalue weighted by Crippen LogP contribution is -1.96. The van der Waals surface area contributed by atoms with E-state index in [0.717, 1.165) is 77.7 Å². The van der Waals surface area contributed by atoms with E-state index in [2.05, 4.69) is 121 Å². The summed E-state index contributed by atoms with van der Waals surface area (Å²) in [5.74, 6) is 0.693. The number of para-hydroxylation sites is 1. The molecule has 0 amide bonds. The highest BCUT2D eigenvalue weighted by molar-refractivity contribution is 6.18. The van der Waals surface area contributed by atoms with Crippen LogP contribution in [-0.4, -0.2) is 9.97 Å². The largest absolute Gasteiger partial charge is 0.455 e. The quantitative estimate of drug-likeness (QED) is 0.197. The summed E-state index contributed by atoms with van der Waals surface area (Å²) in [4.78, 5) is 10.2. The SMILES string of the molecule is c1ccc(-c2cc(-c3cc(-c4ccccc4)nc(-c4ccccc4)n3)cc(-c3c4ccccc4cc4c3oc3ccccc34)c2)cc1.